The summed E-state index contributed by atoms with van der Waals surface area (Å²) in [6.45, 7) is 0.626. The molecule has 3 nitrogen and oxygen atoms in total. The SMILES string of the molecule is OCCNC1c2ccccc2CC1O. The van der Waals surface area contributed by atoms with Crippen LogP contribution in [-0.4, -0.2) is 29.5 Å². The molecule has 0 aliphatic heterocycles. The highest BCUT2D eigenvalue weighted by atomic mass is 16.3. The Labute approximate surface area is 83.4 Å². The lowest BCUT2D eigenvalue weighted by atomic mass is 10.1. The van der Waals surface area contributed by atoms with Crippen LogP contribution in [0.3, 0.4) is 0 Å². The number of aliphatic hydroxyl groups is 2. The van der Waals surface area contributed by atoms with Crippen molar-refractivity contribution in [2.24, 2.45) is 0 Å². The van der Waals surface area contributed by atoms with E-state index in [-0.39, 0.29) is 18.8 Å². The van der Waals surface area contributed by atoms with Crippen LogP contribution < -0.4 is 5.32 Å². The quantitative estimate of drug-likeness (QED) is 0.644. The highest BCUT2D eigenvalue weighted by molar-refractivity contribution is 5.36. The molecule has 0 amide bonds. The molecule has 2 atom stereocenters. The maximum Gasteiger partial charge on any atom is 0.0775 e. The monoisotopic (exact) mass is 193 g/mol. The summed E-state index contributed by atoms with van der Waals surface area (Å²) in [5.74, 6) is 0. The van der Waals surface area contributed by atoms with E-state index in [2.05, 4.69) is 5.32 Å². The average molecular weight is 193 g/mol. The molecule has 2 unspecified atom stereocenters. The van der Waals surface area contributed by atoms with Gasteiger partial charge in [-0.3, -0.25) is 0 Å². The summed E-state index contributed by atoms with van der Waals surface area (Å²) in [5, 5.41) is 21.6. The van der Waals surface area contributed by atoms with Crippen LogP contribution in [0, 0.1) is 0 Å². The zero-order valence-electron chi connectivity index (χ0n) is 7.98. The van der Waals surface area contributed by atoms with Crippen LogP contribution in [0.15, 0.2) is 24.3 Å². The van der Waals surface area contributed by atoms with E-state index in [1.807, 2.05) is 24.3 Å². The summed E-state index contributed by atoms with van der Waals surface area (Å²) >= 11 is 0. The van der Waals surface area contributed by atoms with E-state index in [1.54, 1.807) is 0 Å². The highest BCUT2D eigenvalue weighted by Gasteiger charge is 2.29. The molecule has 0 saturated heterocycles. The average Bonchev–Trinajstić information content (AvgIpc) is 2.51. The van der Waals surface area contributed by atoms with Crippen LogP contribution in [0.5, 0.6) is 0 Å². The zero-order chi connectivity index (χ0) is 9.97. The maximum atomic E-state index is 9.79. The fraction of sp³-hybridized carbons (Fsp3) is 0.455. The molecule has 76 valence electrons. The van der Waals surface area contributed by atoms with E-state index >= 15 is 0 Å². The first-order valence-corrected chi connectivity index (χ1v) is 4.93. The Bertz CT molecular complexity index is 314. The predicted octanol–water partition coefficient (Wildman–Crippen LogP) is 0.227. The number of aliphatic hydroxyl groups excluding tert-OH is 2. The minimum atomic E-state index is -0.362. The Hall–Kier alpha value is -0.900. The van der Waals surface area contributed by atoms with Gasteiger partial charge in [-0.2, -0.15) is 0 Å². The third-order valence-electron chi connectivity index (χ3n) is 2.68. The van der Waals surface area contributed by atoms with Crippen molar-refractivity contribution < 1.29 is 10.2 Å². The third-order valence-corrected chi connectivity index (χ3v) is 2.68. The lowest BCUT2D eigenvalue weighted by Crippen LogP contribution is -2.30. The van der Waals surface area contributed by atoms with E-state index in [1.165, 1.54) is 5.56 Å². The molecule has 0 fully saturated rings. The number of benzene rings is 1. The van der Waals surface area contributed by atoms with Crippen molar-refractivity contribution in [2.45, 2.75) is 18.6 Å². The molecule has 0 saturated carbocycles. The van der Waals surface area contributed by atoms with E-state index in [0.29, 0.717) is 13.0 Å². The number of hydrogen-bond acceptors (Lipinski definition) is 3. The molecule has 2 rings (SSSR count). The minimum Gasteiger partial charge on any atom is -0.395 e. The summed E-state index contributed by atoms with van der Waals surface area (Å²) in [5.41, 5.74) is 2.36. The predicted molar refractivity (Wildman–Crippen MR) is 54.0 cm³/mol. The normalized spacial score (nSPS) is 25.0. The smallest absolute Gasteiger partial charge is 0.0775 e. The van der Waals surface area contributed by atoms with Crippen molar-refractivity contribution in [3.8, 4) is 0 Å². The molecule has 0 heterocycles. The second-order valence-electron chi connectivity index (χ2n) is 3.63. The second-order valence-corrected chi connectivity index (χ2v) is 3.63. The molecule has 1 aromatic carbocycles. The molecule has 14 heavy (non-hydrogen) atoms. The molecule has 1 aliphatic carbocycles. The van der Waals surface area contributed by atoms with Gasteiger partial charge in [0.15, 0.2) is 0 Å². The zero-order valence-corrected chi connectivity index (χ0v) is 7.98. The van der Waals surface area contributed by atoms with Crippen molar-refractivity contribution in [2.75, 3.05) is 13.2 Å². The van der Waals surface area contributed by atoms with Gasteiger partial charge in [-0.15, -0.1) is 0 Å². The van der Waals surface area contributed by atoms with Gasteiger partial charge in [0.05, 0.1) is 18.8 Å². The Morgan fingerprint density at radius 2 is 2.14 bits per heavy atom. The number of hydrogen-bond donors (Lipinski definition) is 3. The highest BCUT2D eigenvalue weighted by Crippen LogP contribution is 2.30. The van der Waals surface area contributed by atoms with Gasteiger partial charge in [-0.05, 0) is 11.1 Å². The number of fused-ring (bicyclic) bond motifs is 1. The van der Waals surface area contributed by atoms with Gasteiger partial charge in [0.25, 0.3) is 0 Å². The van der Waals surface area contributed by atoms with Gasteiger partial charge >= 0.3 is 0 Å². The second kappa shape index (κ2) is 4.09. The van der Waals surface area contributed by atoms with Crippen molar-refractivity contribution in [1.29, 1.82) is 0 Å². The molecular formula is C11H15NO2. The third kappa shape index (κ3) is 1.66. The minimum absolute atomic E-state index is 0.0154. The molecule has 1 aliphatic rings. The van der Waals surface area contributed by atoms with Gasteiger partial charge < -0.3 is 15.5 Å². The first-order valence-electron chi connectivity index (χ1n) is 4.93. The summed E-state index contributed by atoms with van der Waals surface area (Å²) in [7, 11) is 0. The van der Waals surface area contributed by atoms with Gasteiger partial charge in [0.1, 0.15) is 0 Å². The van der Waals surface area contributed by atoms with Gasteiger partial charge in [-0.1, -0.05) is 24.3 Å². The molecule has 1 aromatic rings. The number of nitrogens with one attached hydrogen (secondary N) is 1. The lowest BCUT2D eigenvalue weighted by Gasteiger charge is -2.16. The summed E-state index contributed by atoms with van der Waals surface area (Å²) in [6.07, 6.45) is 0.346. The van der Waals surface area contributed by atoms with Crippen molar-refractivity contribution in [1.82, 2.24) is 5.32 Å². The van der Waals surface area contributed by atoms with Crippen LogP contribution in [0.2, 0.25) is 0 Å². The molecule has 3 N–H and O–H groups in total. The molecule has 3 heteroatoms. The van der Waals surface area contributed by atoms with Gasteiger partial charge in [0.2, 0.25) is 0 Å². The Balaban J connectivity index is 2.17. The van der Waals surface area contributed by atoms with Gasteiger partial charge in [-0.25, -0.2) is 0 Å². The largest absolute Gasteiger partial charge is 0.395 e. The van der Waals surface area contributed by atoms with Crippen molar-refractivity contribution in [3.05, 3.63) is 35.4 Å². The standard InChI is InChI=1S/C11H15NO2/c13-6-5-12-11-9-4-2-1-3-8(9)7-10(11)14/h1-4,10-14H,5-7H2. The molecular weight excluding hydrogens is 178 g/mol. The van der Waals surface area contributed by atoms with Crippen LogP contribution in [0.4, 0.5) is 0 Å². The van der Waals surface area contributed by atoms with Crippen molar-refractivity contribution in [3.63, 3.8) is 0 Å². The van der Waals surface area contributed by atoms with Crippen LogP contribution in [0.25, 0.3) is 0 Å². The van der Waals surface area contributed by atoms with Crippen LogP contribution in [-0.2, 0) is 6.42 Å². The molecule has 0 radical (unpaired) electrons. The molecule has 0 spiro atoms. The summed E-state index contributed by atoms with van der Waals surface area (Å²) in [4.78, 5) is 0. The van der Waals surface area contributed by atoms with Crippen molar-refractivity contribution >= 4 is 0 Å². The fourth-order valence-electron chi connectivity index (χ4n) is 2.04. The van der Waals surface area contributed by atoms with E-state index in [9.17, 15) is 5.11 Å². The summed E-state index contributed by atoms with van der Waals surface area (Å²) in [6, 6.07) is 8.02. The fourth-order valence-corrected chi connectivity index (χ4v) is 2.04. The van der Waals surface area contributed by atoms with Crippen LogP contribution in [0.1, 0.15) is 17.2 Å². The Morgan fingerprint density at radius 3 is 2.93 bits per heavy atom. The van der Waals surface area contributed by atoms with E-state index < -0.39 is 0 Å². The molecule has 0 aromatic heterocycles. The first kappa shape index (κ1) is 9.65. The topological polar surface area (TPSA) is 52.5 Å². The van der Waals surface area contributed by atoms with Gasteiger partial charge in [0, 0.05) is 13.0 Å². The lowest BCUT2D eigenvalue weighted by molar-refractivity contribution is 0.137. The summed E-state index contributed by atoms with van der Waals surface area (Å²) < 4.78 is 0. The van der Waals surface area contributed by atoms with E-state index in [0.717, 1.165) is 5.56 Å². The number of rotatable bonds is 3. The Kier molecular flexibility index (Phi) is 2.82. The van der Waals surface area contributed by atoms with E-state index in [4.69, 9.17) is 5.11 Å². The maximum absolute atomic E-state index is 9.79. The molecule has 0 bridgehead atoms. The van der Waals surface area contributed by atoms with Crippen LogP contribution >= 0.6 is 0 Å². The first-order chi connectivity index (χ1) is 6.83. The Morgan fingerprint density at radius 1 is 1.36 bits per heavy atom.